The highest BCUT2D eigenvalue weighted by atomic mass is 15.4. The molecule has 0 aromatic heterocycles. The Morgan fingerprint density at radius 1 is 0.808 bits per heavy atom. The third kappa shape index (κ3) is 2.75. The number of para-hydroxylation sites is 2. The Bertz CT molecular complexity index is 761. The number of rotatable bonds is 3. The van der Waals surface area contributed by atoms with Gasteiger partial charge in [0.25, 0.3) is 0 Å². The van der Waals surface area contributed by atoms with Gasteiger partial charge in [0.05, 0.1) is 11.4 Å². The van der Waals surface area contributed by atoms with Crippen LogP contribution in [0.3, 0.4) is 0 Å². The van der Waals surface area contributed by atoms with Crippen LogP contribution in [-0.4, -0.2) is 5.84 Å². The van der Waals surface area contributed by atoms with Crippen molar-refractivity contribution in [2.45, 2.75) is 38.5 Å². The Morgan fingerprint density at radius 2 is 1.31 bits per heavy atom. The lowest BCUT2D eigenvalue weighted by atomic mass is 9.49. The highest BCUT2D eigenvalue weighted by molar-refractivity contribution is 6.02. The number of hydrogen-bond acceptors (Lipinski definition) is 2. The zero-order chi connectivity index (χ0) is 17.6. The monoisotopic (exact) mass is 345 g/mol. The van der Waals surface area contributed by atoms with E-state index in [1.807, 2.05) is 17.1 Å². The Hall–Kier alpha value is -2.13. The fraction of sp³-hybridized carbons (Fsp3) is 0.435. The number of nitrogens with two attached hydrogens (primary N) is 1. The normalized spacial score (nSPS) is 32.7. The number of hydrogen-bond donors (Lipinski definition) is 1. The van der Waals surface area contributed by atoms with Gasteiger partial charge in [0.15, 0.2) is 0 Å². The van der Waals surface area contributed by atoms with Crippen LogP contribution < -0.4 is 10.9 Å². The van der Waals surface area contributed by atoms with Crippen molar-refractivity contribution >= 4 is 17.2 Å². The fourth-order valence-electron chi connectivity index (χ4n) is 6.15. The minimum Gasteiger partial charge on any atom is -0.265 e. The summed E-state index contributed by atoms with van der Waals surface area (Å²) >= 11 is 0. The summed E-state index contributed by atoms with van der Waals surface area (Å²) in [6.07, 6.45) is 8.04. The molecule has 2 N–H and O–H groups in total. The van der Waals surface area contributed by atoms with Gasteiger partial charge < -0.3 is 0 Å². The van der Waals surface area contributed by atoms with Crippen LogP contribution in [0.15, 0.2) is 65.7 Å². The number of benzene rings is 2. The van der Waals surface area contributed by atoms with E-state index in [1.165, 1.54) is 38.5 Å². The molecule has 3 nitrogen and oxygen atoms in total. The molecule has 0 atom stereocenters. The van der Waals surface area contributed by atoms with Crippen molar-refractivity contribution in [1.82, 2.24) is 0 Å². The molecule has 0 unspecified atom stereocenters. The lowest BCUT2D eigenvalue weighted by molar-refractivity contribution is -0.0131. The predicted octanol–water partition coefficient (Wildman–Crippen LogP) is 5.31. The van der Waals surface area contributed by atoms with E-state index in [9.17, 15) is 0 Å². The molecule has 0 saturated heterocycles. The molecule has 0 spiro atoms. The van der Waals surface area contributed by atoms with E-state index in [1.54, 1.807) is 0 Å². The van der Waals surface area contributed by atoms with Crippen molar-refractivity contribution in [3.8, 4) is 0 Å². The summed E-state index contributed by atoms with van der Waals surface area (Å²) in [7, 11) is 0. The molecule has 134 valence electrons. The van der Waals surface area contributed by atoms with Gasteiger partial charge in [-0.2, -0.15) is 0 Å². The number of hydrazine groups is 1. The van der Waals surface area contributed by atoms with Crippen molar-refractivity contribution in [2.24, 2.45) is 34.0 Å². The molecule has 3 heteroatoms. The molecule has 0 amide bonds. The Labute approximate surface area is 155 Å². The van der Waals surface area contributed by atoms with E-state index in [0.29, 0.717) is 0 Å². The van der Waals surface area contributed by atoms with E-state index >= 15 is 0 Å². The van der Waals surface area contributed by atoms with Crippen molar-refractivity contribution in [1.29, 1.82) is 0 Å². The fourth-order valence-corrected chi connectivity index (χ4v) is 6.15. The highest BCUT2D eigenvalue weighted by Gasteiger charge is 2.54. The van der Waals surface area contributed by atoms with Gasteiger partial charge in [-0.05, 0) is 80.5 Å². The maximum atomic E-state index is 6.71. The quantitative estimate of drug-likeness (QED) is 0.354. The minimum atomic E-state index is 0.148. The third-order valence-electron chi connectivity index (χ3n) is 6.77. The van der Waals surface area contributed by atoms with Gasteiger partial charge in [0, 0.05) is 5.41 Å². The summed E-state index contributed by atoms with van der Waals surface area (Å²) in [5, 5.41) is 1.88. The van der Waals surface area contributed by atoms with Gasteiger partial charge in [-0.3, -0.25) is 5.01 Å². The van der Waals surface area contributed by atoms with E-state index in [-0.39, 0.29) is 5.41 Å². The van der Waals surface area contributed by atoms with Gasteiger partial charge in [0.1, 0.15) is 5.84 Å². The van der Waals surface area contributed by atoms with Crippen LogP contribution in [0.4, 0.5) is 11.4 Å². The van der Waals surface area contributed by atoms with E-state index in [0.717, 1.165) is 35.0 Å². The first-order chi connectivity index (χ1) is 12.7. The average molecular weight is 345 g/mol. The van der Waals surface area contributed by atoms with Crippen LogP contribution in [0.1, 0.15) is 38.5 Å². The molecule has 6 rings (SSSR count). The highest BCUT2D eigenvalue weighted by Crippen LogP contribution is 2.61. The average Bonchev–Trinajstić information content (AvgIpc) is 2.66. The molecular weight excluding hydrogens is 318 g/mol. The largest absolute Gasteiger partial charge is 0.265 e. The second-order valence-electron chi connectivity index (χ2n) is 8.67. The third-order valence-corrected chi connectivity index (χ3v) is 6.77. The van der Waals surface area contributed by atoms with Gasteiger partial charge in [0.2, 0.25) is 0 Å². The first-order valence-electron chi connectivity index (χ1n) is 9.96. The van der Waals surface area contributed by atoms with Gasteiger partial charge >= 0.3 is 0 Å². The predicted molar refractivity (Wildman–Crippen MR) is 107 cm³/mol. The lowest BCUT2D eigenvalue weighted by Gasteiger charge is -2.57. The molecule has 4 bridgehead atoms. The van der Waals surface area contributed by atoms with Crippen LogP contribution in [0.2, 0.25) is 0 Å². The molecule has 4 aliphatic carbocycles. The Morgan fingerprint density at radius 3 is 1.85 bits per heavy atom. The standard InChI is InChI=1S/C23H27N3/c24-26(21-9-5-2-6-10-21)22(25-20-7-3-1-4-8-20)23-14-17-11-18(15-23)13-19(12-17)16-23/h1-10,17-19H,11-16,24H2. The van der Waals surface area contributed by atoms with Crippen molar-refractivity contribution in [2.75, 3.05) is 5.01 Å². The molecule has 0 radical (unpaired) electrons. The minimum absolute atomic E-state index is 0.148. The van der Waals surface area contributed by atoms with Crippen molar-refractivity contribution in [3.63, 3.8) is 0 Å². The van der Waals surface area contributed by atoms with Crippen LogP contribution in [0, 0.1) is 23.2 Å². The van der Waals surface area contributed by atoms with Crippen LogP contribution >= 0.6 is 0 Å². The second kappa shape index (κ2) is 6.24. The molecule has 26 heavy (non-hydrogen) atoms. The van der Waals surface area contributed by atoms with Crippen molar-refractivity contribution < 1.29 is 0 Å². The van der Waals surface area contributed by atoms with Gasteiger partial charge in [-0.15, -0.1) is 0 Å². The van der Waals surface area contributed by atoms with Crippen LogP contribution in [0.25, 0.3) is 0 Å². The van der Waals surface area contributed by atoms with E-state index in [2.05, 4.69) is 48.5 Å². The number of amidine groups is 1. The maximum Gasteiger partial charge on any atom is 0.130 e. The zero-order valence-electron chi connectivity index (χ0n) is 15.2. The topological polar surface area (TPSA) is 41.6 Å². The Balaban J connectivity index is 1.59. The molecule has 2 aromatic carbocycles. The lowest BCUT2D eigenvalue weighted by Crippen LogP contribution is -2.56. The first-order valence-corrected chi connectivity index (χ1v) is 9.96. The second-order valence-corrected chi connectivity index (χ2v) is 8.67. The van der Waals surface area contributed by atoms with Gasteiger partial charge in [-0.1, -0.05) is 36.4 Å². The zero-order valence-corrected chi connectivity index (χ0v) is 15.2. The molecule has 2 aromatic rings. The summed E-state index contributed by atoms with van der Waals surface area (Å²) in [6, 6.07) is 20.6. The molecule has 0 heterocycles. The summed E-state index contributed by atoms with van der Waals surface area (Å²) in [4.78, 5) is 5.14. The summed E-state index contributed by atoms with van der Waals surface area (Å²) in [5.41, 5.74) is 2.18. The van der Waals surface area contributed by atoms with Crippen LogP contribution in [0.5, 0.6) is 0 Å². The molecular formula is C23H27N3. The maximum absolute atomic E-state index is 6.71. The van der Waals surface area contributed by atoms with Crippen molar-refractivity contribution in [3.05, 3.63) is 60.7 Å². The summed E-state index contributed by atoms with van der Waals surface area (Å²) < 4.78 is 0. The molecule has 4 aliphatic rings. The number of aliphatic imine (C=N–C) groups is 1. The van der Waals surface area contributed by atoms with E-state index < -0.39 is 0 Å². The molecule has 4 saturated carbocycles. The Kier molecular flexibility index (Phi) is 3.86. The van der Waals surface area contributed by atoms with E-state index in [4.69, 9.17) is 10.8 Å². The number of nitrogens with zero attached hydrogens (tertiary/aromatic N) is 2. The summed E-state index contributed by atoms with van der Waals surface area (Å²) in [6.45, 7) is 0. The SMILES string of the molecule is NN(C(=Nc1ccccc1)C12CC3CC(CC(C3)C1)C2)c1ccccc1. The molecule has 0 aliphatic heterocycles. The van der Waals surface area contributed by atoms with Crippen LogP contribution in [-0.2, 0) is 0 Å². The van der Waals surface area contributed by atoms with Gasteiger partial charge in [-0.25, -0.2) is 10.8 Å². The summed E-state index contributed by atoms with van der Waals surface area (Å²) in [5.74, 6) is 10.4. The molecule has 4 fully saturated rings. The smallest absolute Gasteiger partial charge is 0.130 e. The number of anilines is 1. The first kappa shape index (κ1) is 16.1.